The van der Waals surface area contributed by atoms with E-state index in [2.05, 4.69) is 24.1 Å². The van der Waals surface area contributed by atoms with Crippen LogP contribution in [-0.4, -0.2) is 36.2 Å². The molecule has 1 aromatic rings. The summed E-state index contributed by atoms with van der Waals surface area (Å²) < 4.78 is 5.30. The third-order valence-corrected chi connectivity index (χ3v) is 4.38. The van der Waals surface area contributed by atoms with Gasteiger partial charge in [0.25, 0.3) is 0 Å². The molecule has 1 saturated heterocycles. The summed E-state index contributed by atoms with van der Waals surface area (Å²) in [5, 5.41) is 2.98. The molecule has 1 aromatic carbocycles. The van der Waals surface area contributed by atoms with Crippen molar-refractivity contribution in [2.45, 2.75) is 58.1 Å². The Kier molecular flexibility index (Phi) is 6.90. The van der Waals surface area contributed by atoms with Gasteiger partial charge in [-0.1, -0.05) is 36.8 Å². The van der Waals surface area contributed by atoms with Crippen LogP contribution in [0.1, 0.15) is 51.5 Å². The Balaban J connectivity index is 1.64. The quantitative estimate of drug-likeness (QED) is 0.827. The molecule has 0 spiro atoms. The van der Waals surface area contributed by atoms with Gasteiger partial charge >= 0.3 is 6.09 Å². The summed E-state index contributed by atoms with van der Waals surface area (Å²) >= 11 is 0. The van der Waals surface area contributed by atoms with Gasteiger partial charge in [-0.3, -0.25) is 0 Å². The van der Waals surface area contributed by atoms with Crippen molar-refractivity contribution in [1.29, 1.82) is 0 Å². The summed E-state index contributed by atoms with van der Waals surface area (Å²) in [6.07, 6.45) is 5.75. The Bertz CT molecular complexity index is 468. The van der Waals surface area contributed by atoms with Crippen LogP contribution in [0.15, 0.2) is 30.3 Å². The summed E-state index contributed by atoms with van der Waals surface area (Å²) in [5.41, 5.74) is 0.773. The first-order valence-corrected chi connectivity index (χ1v) is 8.76. The predicted molar refractivity (Wildman–Crippen MR) is 93.4 cm³/mol. The van der Waals surface area contributed by atoms with Gasteiger partial charge in [0.2, 0.25) is 0 Å². The molecule has 4 heteroatoms. The molecule has 0 radical (unpaired) electrons. The van der Waals surface area contributed by atoms with Crippen LogP contribution in [0.3, 0.4) is 0 Å². The van der Waals surface area contributed by atoms with Crippen LogP contribution in [0.4, 0.5) is 4.79 Å². The first-order chi connectivity index (χ1) is 11.1. The standard InChI is InChI=1S/C19H30N2O2/c1-19(2,12-9-15-21-13-7-4-8-14-21)20-18(22)23-16-17-10-5-3-6-11-17/h3,5-6,10-11H,4,7-9,12-16H2,1-2H3,(H,20,22). The number of carbonyl (C=O) groups excluding carboxylic acids is 1. The van der Waals surface area contributed by atoms with Gasteiger partial charge in [-0.25, -0.2) is 4.79 Å². The number of alkyl carbamates (subject to hydrolysis) is 1. The van der Waals surface area contributed by atoms with Gasteiger partial charge in [-0.15, -0.1) is 0 Å². The van der Waals surface area contributed by atoms with E-state index in [9.17, 15) is 4.79 Å². The van der Waals surface area contributed by atoms with Gasteiger partial charge in [0, 0.05) is 5.54 Å². The van der Waals surface area contributed by atoms with E-state index in [1.54, 1.807) is 0 Å². The number of hydrogen-bond acceptors (Lipinski definition) is 3. The molecule has 0 atom stereocenters. The second-order valence-corrected chi connectivity index (χ2v) is 7.08. The molecule has 23 heavy (non-hydrogen) atoms. The molecule has 1 N–H and O–H groups in total. The van der Waals surface area contributed by atoms with Crippen molar-refractivity contribution in [3.05, 3.63) is 35.9 Å². The van der Waals surface area contributed by atoms with Crippen molar-refractivity contribution < 1.29 is 9.53 Å². The number of ether oxygens (including phenoxy) is 1. The molecular formula is C19H30N2O2. The smallest absolute Gasteiger partial charge is 0.407 e. The van der Waals surface area contributed by atoms with Gasteiger partial charge in [0.1, 0.15) is 6.61 Å². The maximum absolute atomic E-state index is 12.0. The van der Waals surface area contributed by atoms with E-state index in [1.807, 2.05) is 30.3 Å². The predicted octanol–water partition coefficient (Wildman–Crippen LogP) is 3.96. The first kappa shape index (κ1) is 17.8. The second kappa shape index (κ2) is 8.92. The van der Waals surface area contributed by atoms with Crippen LogP contribution in [-0.2, 0) is 11.3 Å². The number of nitrogens with one attached hydrogen (secondary N) is 1. The molecule has 0 bridgehead atoms. The number of carbonyl (C=O) groups is 1. The van der Waals surface area contributed by atoms with E-state index in [1.165, 1.54) is 32.4 Å². The van der Waals surface area contributed by atoms with Gasteiger partial charge in [0.15, 0.2) is 0 Å². The normalized spacial score (nSPS) is 16.1. The fraction of sp³-hybridized carbons (Fsp3) is 0.632. The molecule has 4 nitrogen and oxygen atoms in total. The Labute approximate surface area is 140 Å². The van der Waals surface area contributed by atoms with Gasteiger partial charge < -0.3 is 15.0 Å². The van der Waals surface area contributed by atoms with E-state index in [0.717, 1.165) is 24.9 Å². The van der Waals surface area contributed by atoms with Crippen molar-refractivity contribution in [3.63, 3.8) is 0 Å². The van der Waals surface area contributed by atoms with Crippen molar-refractivity contribution in [2.75, 3.05) is 19.6 Å². The Morgan fingerprint density at radius 2 is 1.87 bits per heavy atom. The molecule has 1 aliphatic rings. The lowest BCUT2D eigenvalue weighted by molar-refractivity contribution is 0.127. The van der Waals surface area contributed by atoms with Crippen LogP contribution < -0.4 is 5.32 Å². The number of benzene rings is 1. The van der Waals surface area contributed by atoms with E-state index < -0.39 is 0 Å². The number of likely N-dealkylation sites (tertiary alicyclic amines) is 1. The lowest BCUT2D eigenvalue weighted by Gasteiger charge is -2.29. The highest BCUT2D eigenvalue weighted by molar-refractivity contribution is 5.68. The van der Waals surface area contributed by atoms with Crippen LogP contribution in [0.25, 0.3) is 0 Å². The molecule has 128 valence electrons. The fourth-order valence-electron chi connectivity index (χ4n) is 3.03. The molecule has 0 aliphatic carbocycles. The average Bonchev–Trinajstić information content (AvgIpc) is 2.54. The second-order valence-electron chi connectivity index (χ2n) is 7.08. The zero-order valence-electron chi connectivity index (χ0n) is 14.5. The van der Waals surface area contributed by atoms with Crippen molar-refractivity contribution in [1.82, 2.24) is 10.2 Å². The molecule has 1 fully saturated rings. The molecule has 2 rings (SSSR count). The van der Waals surface area contributed by atoms with E-state index in [4.69, 9.17) is 4.74 Å². The summed E-state index contributed by atoms with van der Waals surface area (Å²) in [6.45, 7) is 8.03. The van der Waals surface area contributed by atoms with E-state index in [0.29, 0.717) is 6.61 Å². The molecule has 0 saturated carbocycles. The molecule has 1 heterocycles. The van der Waals surface area contributed by atoms with Crippen molar-refractivity contribution >= 4 is 6.09 Å². The summed E-state index contributed by atoms with van der Waals surface area (Å²) in [7, 11) is 0. The molecule has 0 aromatic heterocycles. The number of amides is 1. The summed E-state index contributed by atoms with van der Waals surface area (Å²) in [5.74, 6) is 0. The van der Waals surface area contributed by atoms with Crippen LogP contribution in [0, 0.1) is 0 Å². The topological polar surface area (TPSA) is 41.6 Å². The van der Waals surface area contributed by atoms with Gasteiger partial charge in [-0.05, 0) is 64.7 Å². The minimum atomic E-state index is -0.336. The lowest BCUT2D eigenvalue weighted by Crippen LogP contribution is -2.44. The number of piperidine rings is 1. The first-order valence-electron chi connectivity index (χ1n) is 8.76. The van der Waals surface area contributed by atoms with E-state index in [-0.39, 0.29) is 11.6 Å². The SMILES string of the molecule is CC(C)(CCCN1CCCCC1)NC(=O)OCc1ccccc1. The molecule has 1 amide bonds. The zero-order chi connectivity index (χ0) is 16.5. The molecule has 1 aliphatic heterocycles. The summed E-state index contributed by atoms with van der Waals surface area (Å²) in [6, 6.07) is 9.76. The number of rotatable bonds is 7. The number of nitrogens with zero attached hydrogens (tertiary/aromatic N) is 1. The third kappa shape index (κ3) is 7.04. The highest BCUT2D eigenvalue weighted by Gasteiger charge is 2.21. The molecule has 0 unspecified atom stereocenters. The Hall–Kier alpha value is -1.55. The van der Waals surface area contributed by atoms with Crippen LogP contribution in [0.2, 0.25) is 0 Å². The highest BCUT2D eigenvalue weighted by atomic mass is 16.5. The Morgan fingerprint density at radius 3 is 2.57 bits per heavy atom. The maximum atomic E-state index is 12.0. The highest BCUT2D eigenvalue weighted by Crippen LogP contribution is 2.15. The van der Waals surface area contributed by atoms with Gasteiger partial charge in [0.05, 0.1) is 0 Å². The number of hydrogen-bond donors (Lipinski definition) is 1. The Morgan fingerprint density at radius 1 is 1.17 bits per heavy atom. The third-order valence-electron chi connectivity index (χ3n) is 4.38. The summed E-state index contributed by atoms with van der Waals surface area (Å²) in [4.78, 5) is 14.5. The largest absolute Gasteiger partial charge is 0.445 e. The fourth-order valence-corrected chi connectivity index (χ4v) is 3.03. The zero-order valence-corrected chi connectivity index (χ0v) is 14.5. The minimum absolute atomic E-state index is 0.233. The van der Waals surface area contributed by atoms with E-state index >= 15 is 0 Å². The molecular weight excluding hydrogens is 288 g/mol. The lowest BCUT2D eigenvalue weighted by atomic mass is 9.98. The minimum Gasteiger partial charge on any atom is -0.445 e. The average molecular weight is 318 g/mol. The van der Waals surface area contributed by atoms with Crippen molar-refractivity contribution in [2.24, 2.45) is 0 Å². The van der Waals surface area contributed by atoms with Crippen LogP contribution in [0.5, 0.6) is 0 Å². The van der Waals surface area contributed by atoms with Crippen LogP contribution >= 0.6 is 0 Å². The van der Waals surface area contributed by atoms with Crippen molar-refractivity contribution in [3.8, 4) is 0 Å². The monoisotopic (exact) mass is 318 g/mol. The maximum Gasteiger partial charge on any atom is 0.407 e. The van der Waals surface area contributed by atoms with Gasteiger partial charge in [-0.2, -0.15) is 0 Å².